The lowest BCUT2D eigenvalue weighted by atomic mass is 10.1. The number of carbonyl (C=O) groups excluding carboxylic acids is 1. The van der Waals surface area contributed by atoms with Gasteiger partial charge in [-0.25, -0.2) is 13.2 Å². The molecule has 0 amide bonds. The van der Waals surface area contributed by atoms with Gasteiger partial charge >= 0.3 is 6.18 Å². The van der Waals surface area contributed by atoms with Gasteiger partial charge in [0.1, 0.15) is 11.4 Å². The molecule has 0 unspecified atom stereocenters. The number of Topliss-reactive ketones (excluding diaryl/α,β-unsaturated/α-hetero) is 1. The summed E-state index contributed by atoms with van der Waals surface area (Å²) in [6, 6.07) is 0.0313. The molecule has 1 aromatic rings. The summed E-state index contributed by atoms with van der Waals surface area (Å²) in [5, 5.41) is 0. The van der Waals surface area contributed by atoms with Gasteiger partial charge in [0.05, 0.1) is 5.56 Å². The molecule has 16 heavy (non-hydrogen) atoms. The van der Waals surface area contributed by atoms with Gasteiger partial charge in [-0.05, 0) is 13.0 Å². The van der Waals surface area contributed by atoms with Gasteiger partial charge in [-0.3, -0.25) is 4.79 Å². The highest BCUT2D eigenvalue weighted by Gasteiger charge is 2.40. The Labute approximate surface area is 85.7 Å². The van der Waals surface area contributed by atoms with Crippen molar-refractivity contribution in [2.45, 2.75) is 13.1 Å². The molecule has 0 aliphatic carbocycles. The van der Waals surface area contributed by atoms with E-state index in [9.17, 15) is 31.1 Å². The number of carbonyl (C=O) groups is 1. The quantitative estimate of drug-likeness (QED) is 0.419. The molecule has 88 valence electrons. The van der Waals surface area contributed by atoms with Crippen molar-refractivity contribution in [1.82, 2.24) is 0 Å². The molecule has 1 rings (SSSR count). The second-order valence-corrected chi connectivity index (χ2v) is 2.96. The van der Waals surface area contributed by atoms with E-state index < -0.39 is 40.5 Å². The highest BCUT2D eigenvalue weighted by atomic mass is 19.4. The first-order chi connectivity index (χ1) is 7.16. The van der Waals surface area contributed by atoms with Crippen molar-refractivity contribution in [1.29, 1.82) is 0 Å². The van der Waals surface area contributed by atoms with Gasteiger partial charge in [-0.2, -0.15) is 13.2 Å². The number of rotatable bonds is 1. The third-order valence-corrected chi connectivity index (χ3v) is 1.82. The van der Waals surface area contributed by atoms with Gasteiger partial charge in [-0.15, -0.1) is 0 Å². The van der Waals surface area contributed by atoms with Crippen LogP contribution in [0.15, 0.2) is 6.07 Å². The van der Waals surface area contributed by atoms with Gasteiger partial charge < -0.3 is 0 Å². The fraction of sp³-hybridized carbons (Fsp3) is 0.222. The lowest BCUT2D eigenvalue weighted by Gasteiger charge is -2.11. The third-order valence-electron chi connectivity index (χ3n) is 1.82. The van der Waals surface area contributed by atoms with Crippen molar-refractivity contribution in [2.75, 3.05) is 0 Å². The SMILES string of the molecule is CC(=O)c1cc(F)c(C(F)(F)F)c(F)c1F. The van der Waals surface area contributed by atoms with Crippen LogP contribution < -0.4 is 0 Å². The molecular weight excluding hydrogens is 238 g/mol. The molecule has 0 aromatic heterocycles. The Morgan fingerprint density at radius 3 is 2.00 bits per heavy atom. The lowest BCUT2D eigenvalue weighted by Crippen LogP contribution is -2.15. The van der Waals surface area contributed by atoms with E-state index in [0.717, 1.165) is 6.92 Å². The average Bonchev–Trinajstić information content (AvgIpc) is 2.08. The van der Waals surface area contributed by atoms with Crippen LogP contribution in [0, 0.1) is 17.5 Å². The summed E-state index contributed by atoms with van der Waals surface area (Å²) >= 11 is 0. The molecular formula is C9H4F6O. The number of alkyl halides is 3. The zero-order valence-corrected chi connectivity index (χ0v) is 7.75. The van der Waals surface area contributed by atoms with E-state index in [2.05, 4.69) is 0 Å². The first-order valence-corrected chi connectivity index (χ1v) is 3.92. The van der Waals surface area contributed by atoms with E-state index in [-0.39, 0.29) is 6.07 Å². The molecule has 7 heteroatoms. The molecule has 1 aromatic carbocycles. The highest BCUT2D eigenvalue weighted by molar-refractivity contribution is 5.94. The van der Waals surface area contributed by atoms with Crippen LogP contribution in [-0.2, 0) is 6.18 Å². The largest absolute Gasteiger partial charge is 0.422 e. The third kappa shape index (κ3) is 2.02. The fourth-order valence-corrected chi connectivity index (χ4v) is 1.11. The highest BCUT2D eigenvalue weighted by Crippen LogP contribution is 2.35. The zero-order valence-electron chi connectivity index (χ0n) is 7.75. The monoisotopic (exact) mass is 242 g/mol. The Kier molecular flexibility index (Phi) is 2.98. The number of ketones is 1. The summed E-state index contributed by atoms with van der Waals surface area (Å²) in [7, 11) is 0. The van der Waals surface area contributed by atoms with Crippen molar-refractivity contribution in [2.24, 2.45) is 0 Å². The van der Waals surface area contributed by atoms with Crippen molar-refractivity contribution in [3.05, 3.63) is 34.6 Å². The van der Waals surface area contributed by atoms with Crippen LogP contribution in [0.25, 0.3) is 0 Å². The molecule has 0 saturated heterocycles. The molecule has 1 nitrogen and oxygen atoms in total. The molecule has 0 radical (unpaired) electrons. The maximum Gasteiger partial charge on any atom is 0.422 e. The van der Waals surface area contributed by atoms with Crippen molar-refractivity contribution in [3.8, 4) is 0 Å². The Morgan fingerprint density at radius 1 is 1.12 bits per heavy atom. The van der Waals surface area contributed by atoms with Gasteiger partial charge in [0, 0.05) is 0 Å². The molecule has 0 N–H and O–H groups in total. The fourth-order valence-electron chi connectivity index (χ4n) is 1.11. The van der Waals surface area contributed by atoms with Crippen molar-refractivity contribution >= 4 is 5.78 Å². The second kappa shape index (κ2) is 3.80. The van der Waals surface area contributed by atoms with Crippen molar-refractivity contribution in [3.63, 3.8) is 0 Å². The zero-order chi connectivity index (χ0) is 12.7. The maximum atomic E-state index is 13.0. The smallest absolute Gasteiger partial charge is 0.294 e. The van der Waals surface area contributed by atoms with Gasteiger partial charge in [-0.1, -0.05) is 0 Å². The lowest BCUT2D eigenvalue weighted by molar-refractivity contribution is -0.142. The van der Waals surface area contributed by atoms with Gasteiger partial charge in [0.2, 0.25) is 0 Å². The normalized spacial score (nSPS) is 11.7. The average molecular weight is 242 g/mol. The predicted octanol–water partition coefficient (Wildman–Crippen LogP) is 3.33. The maximum absolute atomic E-state index is 13.0. The van der Waals surface area contributed by atoms with Crippen LogP contribution in [0.3, 0.4) is 0 Å². The Morgan fingerprint density at radius 2 is 1.62 bits per heavy atom. The minimum Gasteiger partial charge on any atom is -0.294 e. The van der Waals surface area contributed by atoms with Crippen LogP contribution in [-0.4, -0.2) is 5.78 Å². The Bertz CT molecular complexity index is 448. The molecule has 0 aliphatic rings. The summed E-state index contributed by atoms with van der Waals surface area (Å²) in [5.74, 6) is -7.49. The van der Waals surface area contributed by atoms with Crippen LogP contribution in [0.2, 0.25) is 0 Å². The number of benzene rings is 1. The van der Waals surface area contributed by atoms with Crippen molar-refractivity contribution < 1.29 is 31.1 Å². The summed E-state index contributed by atoms with van der Waals surface area (Å²) in [6.45, 7) is 0.782. The molecule has 0 fully saturated rings. The van der Waals surface area contributed by atoms with Crippen LogP contribution in [0.4, 0.5) is 26.3 Å². The van der Waals surface area contributed by atoms with E-state index in [1.165, 1.54) is 0 Å². The summed E-state index contributed by atoms with van der Waals surface area (Å²) in [6.07, 6.45) is -5.36. The van der Waals surface area contributed by atoms with Crippen LogP contribution in [0.1, 0.15) is 22.8 Å². The van der Waals surface area contributed by atoms with Gasteiger partial charge in [0.25, 0.3) is 0 Å². The minimum absolute atomic E-state index is 0.0313. The number of hydrogen-bond acceptors (Lipinski definition) is 1. The van der Waals surface area contributed by atoms with Crippen LogP contribution in [0.5, 0.6) is 0 Å². The molecule has 0 heterocycles. The van der Waals surface area contributed by atoms with E-state index in [0.29, 0.717) is 0 Å². The Balaban J connectivity index is 3.59. The minimum atomic E-state index is -5.36. The number of halogens is 6. The van der Waals surface area contributed by atoms with Crippen LogP contribution >= 0.6 is 0 Å². The van der Waals surface area contributed by atoms with E-state index >= 15 is 0 Å². The molecule has 0 saturated carbocycles. The predicted molar refractivity (Wildman–Crippen MR) is 41.3 cm³/mol. The first kappa shape index (κ1) is 12.5. The molecule has 0 spiro atoms. The summed E-state index contributed by atoms with van der Waals surface area (Å²) < 4.78 is 75.0. The summed E-state index contributed by atoms with van der Waals surface area (Å²) in [4.78, 5) is 10.7. The standard InChI is InChI=1S/C9H4F6O/c1-3(16)4-2-5(10)6(9(13,14)15)8(12)7(4)11/h2H,1H3. The molecule has 0 bridgehead atoms. The Hall–Kier alpha value is -1.53. The van der Waals surface area contributed by atoms with E-state index in [1.807, 2.05) is 0 Å². The van der Waals surface area contributed by atoms with Gasteiger partial charge in [0.15, 0.2) is 17.4 Å². The first-order valence-electron chi connectivity index (χ1n) is 3.92. The number of hydrogen-bond donors (Lipinski definition) is 0. The molecule has 0 atom stereocenters. The summed E-state index contributed by atoms with van der Waals surface area (Å²) in [5.41, 5.74) is -3.39. The molecule has 0 aliphatic heterocycles. The second-order valence-electron chi connectivity index (χ2n) is 2.96. The van der Waals surface area contributed by atoms with E-state index in [4.69, 9.17) is 0 Å². The topological polar surface area (TPSA) is 17.1 Å². The van der Waals surface area contributed by atoms with E-state index in [1.54, 1.807) is 0 Å².